The number of aliphatic hydroxyl groups excluding tert-OH is 3. The average molecular weight is 425 g/mol. The fraction of sp³-hybridized carbons (Fsp3) is 0.250. The first kappa shape index (κ1) is 19.1. The first-order chi connectivity index (χ1) is 14.6. The molecule has 1 saturated heterocycles. The Morgan fingerprint density at radius 2 is 1.80 bits per heavy atom. The van der Waals surface area contributed by atoms with E-state index >= 15 is 0 Å². The van der Waals surface area contributed by atoms with E-state index in [-0.39, 0.29) is 5.82 Å². The number of imidazole rings is 1. The zero-order valence-corrected chi connectivity index (χ0v) is 16.5. The van der Waals surface area contributed by atoms with Crippen molar-refractivity contribution in [2.75, 3.05) is 12.3 Å². The molecule has 4 unspecified atom stereocenters. The van der Waals surface area contributed by atoms with Gasteiger partial charge in [0.1, 0.15) is 23.8 Å². The molecule has 0 amide bonds. The Morgan fingerprint density at radius 1 is 1.03 bits per heavy atom. The molecule has 0 aliphatic carbocycles. The molecular formula is C20H19N5O4S. The third-order valence-electron chi connectivity index (χ3n) is 5.12. The summed E-state index contributed by atoms with van der Waals surface area (Å²) in [4.78, 5) is 15.2. The van der Waals surface area contributed by atoms with Crippen molar-refractivity contribution in [3.63, 3.8) is 0 Å². The van der Waals surface area contributed by atoms with E-state index in [9.17, 15) is 15.3 Å². The van der Waals surface area contributed by atoms with Crippen LogP contribution in [0.3, 0.4) is 0 Å². The first-order valence-electron chi connectivity index (χ1n) is 9.35. The number of nitrogens with two attached hydrogens (primary N) is 1. The summed E-state index contributed by atoms with van der Waals surface area (Å²) in [5.74, 6) is 0.635. The van der Waals surface area contributed by atoms with Crippen LogP contribution in [0.1, 0.15) is 6.23 Å². The molecule has 1 fully saturated rings. The smallest absolute Gasteiger partial charge is 0.174 e. The molecule has 5 rings (SSSR count). The molecule has 3 aromatic heterocycles. The molecule has 30 heavy (non-hydrogen) atoms. The van der Waals surface area contributed by atoms with Crippen LogP contribution in [0.4, 0.5) is 5.82 Å². The molecule has 4 heterocycles. The molecule has 9 nitrogen and oxygen atoms in total. The molecule has 4 aromatic rings. The second-order valence-electron chi connectivity index (χ2n) is 7.02. The lowest BCUT2D eigenvalue weighted by Gasteiger charge is -2.16. The number of aliphatic hydroxyl groups is 3. The highest BCUT2D eigenvalue weighted by atomic mass is 32.1. The van der Waals surface area contributed by atoms with Crippen molar-refractivity contribution in [1.82, 2.24) is 19.5 Å². The minimum absolute atomic E-state index is 0.204. The number of thiophene rings is 1. The maximum Gasteiger partial charge on any atom is 0.174 e. The summed E-state index contributed by atoms with van der Waals surface area (Å²) in [6.07, 6.45) is -2.88. The van der Waals surface area contributed by atoms with Gasteiger partial charge in [0.05, 0.1) is 17.8 Å². The van der Waals surface area contributed by atoms with Crippen LogP contribution in [0.15, 0.2) is 48.8 Å². The summed E-state index contributed by atoms with van der Waals surface area (Å²) in [6, 6.07) is 13.9. The number of hydrogen-bond donors (Lipinski definition) is 4. The Bertz CT molecular complexity index is 1190. The fourth-order valence-corrected chi connectivity index (χ4v) is 4.51. The molecule has 0 bridgehead atoms. The number of benzene rings is 1. The van der Waals surface area contributed by atoms with Crippen LogP contribution in [0.5, 0.6) is 0 Å². The Morgan fingerprint density at radius 3 is 2.53 bits per heavy atom. The second-order valence-corrected chi connectivity index (χ2v) is 8.10. The van der Waals surface area contributed by atoms with Gasteiger partial charge in [-0.1, -0.05) is 30.3 Å². The van der Waals surface area contributed by atoms with Gasteiger partial charge >= 0.3 is 0 Å². The van der Waals surface area contributed by atoms with Gasteiger partial charge in [-0.2, -0.15) is 0 Å². The monoisotopic (exact) mass is 425 g/mol. The van der Waals surface area contributed by atoms with Crippen LogP contribution in [-0.2, 0) is 4.74 Å². The lowest BCUT2D eigenvalue weighted by molar-refractivity contribution is -0.0511. The largest absolute Gasteiger partial charge is 0.394 e. The third kappa shape index (κ3) is 3.06. The Hall–Kier alpha value is -2.89. The molecular weight excluding hydrogens is 406 g/mol. The quantitative estimate of drug-likeness (QED) is 0.385. The average Bonchev–Trinajstić information content (AvgIpc) is 3.48. The van der Waals surface area contributed by atoms with Gasteiger partial charge in [-0.25, -0.2) is 15.0 Å². The standard InChI is InChI=1S/C20H19N5O4S/c21-17-14-19(25(9-22-14)20-16(28)15(27)11(8-26)29-20)24-18(23-17)13-7-6-12(30-13)10-4-2-1-3-5-10/h1-7,9,11,15-16,20,26-28H,8H2,(H2,21,23,24). The van der Waals surface area contributed by atoms with Crippen LogP contribution in [0.25, 0.3) is 32.3 Å². The zero-order valence-electron chi connectivity index (χ0n) is 15.7. The second kappa shape index (κ2) is 7.42. The molecule has 0 saturated carbocycles. The van der Waals surface area contributed by atoms with Crippen LogP contribution < -0.4 is 5.73 Å². The molecule has 10 heteroatoms. The fourth-order valence-electron chi connectivity index (χ4n) is 3.56. The molecule has 5 N–H and O–H groups in total. The maximum absolute atomic E-state index is 10.4. The minimum atomic E-state index is -1.24. The van der Waals surface area contributed by atoms with Crippen LogP contribution in [0, 0.1) is 0 Å². The number of fused-ring (bicyclic) bond motifs is 1. The van der Waals surface area contributed by atoms with Crippen molar-refractivity contribution in [1.29, 1.82) is 0 Å². The minimum Gasteiger partial charge on any atom is -0.394 e. The number of anilines is 1. The maximum atomic E-state index is 10.4. The third-order valence-corrected chi connectivity index (χ3v) is 6.25. The van der Waals surface area contributed by atoms with E-state index < -0.39 is 31.1 Å². The normalized spacial score (nSPS) is 24.0. The number of hydrogen-bond acceptors (Lipinski definition) is 9. The van der Waals surface area contributed by atoms with Gasteiger partial charge in [-0.3, -0.25) is 4.57 Å². The number of ether oxygens (including phenoxy) is 1. The van der Waals surface area contributed by atoms with Crippen molar-refractivity contribution < 1.29 is 20.1 Å². The molecule has 0 spiro atoms. The molecule has 1 aliphatic heterocycles. The van der Waals surface area contributed by atoms with Crippen LogP contribution in [0.2, 0.25) is 0 Å². The van der Waals surface area contributed by atoms with Gasteiger partial charge in [0, 0.05) is 4.88 Å². The number of aromatic nitrogens is 4. The van der Waals surface area contributed by atoms with E-state index in [1.807, 2.05) is 42.5 Å². The highest BCUT2D eigenvalue weighted by molar-refractivity contribution is 7.18. The van der Waals surface area contributed by atoms with Gasteiger partial charge in [-0.15, -0.1) is 11.3 Å². The summed E-state index contributed by atoms with van der Waals surface area (Å²) in [5, 5.41) is 29.8. The van der Waals surface area contributed by atoms with E-state index in [1.54, 1.807) is 0 Å². The van der Waals surface area contributed by atoms with Crippen molar-refractivity contribution in [2.24, 2.45) is 0 Å². The van der Waals surface area contributed by atoms with E-state index in [4.69, 9.17) is 10.5 Å². The molecule has 4 atom stereocenters. The zero-order chi connectivity index (χ0) is 20.8. The summed E-state index contributed by atoms with van der Waals surface area (Å²) in [5.41, 5.74) is 7.97. The summed E-state index contributed by atoms with van der Waals surface area (Å²) >= 11 is 1.54. The number of rotatable bonds is 4. The topological polar surface area (TPSA) is 140 Å². The number of nitrogens with zero attached hydrogens (tertiary/aromatic N) is 4. The molecule has 0 radical (unpaired) electrons. The van der Waals surface area contributed by atoms with Gasteiger partial charge < -0.3 is 25.8 Å². The lowest BCUT2D eigenvalue weighted by atomic mass is 10.1. The molecule has 1 aliphatic rings. The Balaban J connectivity index is 1.56. The van der Waals surface area contributed by atoms with Crippen LogP contribution in [-0.4, -0.2) is 59.8 Å². The van der Waals surface area contributed by atoms with E-state index in [0.717, 1.165) is 15.3 Å². The number of nitrogen functional groups attached to an aromatic ring is 1. The first-order valence-corrected chi connectivity index (χ1v) is 10.2. The van der Waals surface area contributed by atoms with Crippen molar-refractivity contribution in [3.05, 3.63) is 48.8 Å². The van der Waals surface area contributed by atoms with Crippen molar-refractivity contribution in [2.45, 2.75) is 24.5 Å². The summed E-state index contributed by atoms with van der Waals surface area (Å²) in [7, 11) is 0. The van der Waals surface area contributed by atoms with E-state index in [1.165, 1.54) is 22.2 Å². The predicted molar refractivity (Wildman–Crippen MR) is 111 cm³/mol. The Labute approximate surface area is 175 Å². The summed E-state index contributed by atoms with van der Waals surface area (Å²) < 4.78 is 7.12. The highest BCUT2D eigenvalue weighted by Crippen LogP contribution is 2.36. The van der Waals surface area contributed by atoms with Crippen LogP contribution >= 0.6 is 11.3 Å². The Kier molecular flexibility index (Phi) is 4.72. The molecule has 1 aromatic carbocycles. The lowest BCUT2D eigenvalue weighted by Crippen LogP contribution is -2.33. The van der Waals surface area contributed by atoms with E-state index in [2.05, 4.69) is 15.0 Å². The molecule has 154 valence electrons. The van der Waals surface area contributed by atoms with Gasteiger partial charge in [0.25, 0.3) is 0 Å². The highest BCUT2D eigenvalue weighted by Gasteiger charge is 2.44. The van der Waals surface area contributed by atoms with Crippen molar-refractivity contribution >= 4 is 28.3 Å². The van der Waals surface area contributed by atoms with Gasteiger partial charge in [0.2, 0.25) is 0 Å². The predicted octanol–water partition coefficient (Wildman–Crippen LogP) is 1.42. The summed E-state index contributed by atoms with van der Waals surface area (Å²) in [6.45, 7) is -0.415. The SMILES string of the molecule is Nc1nc(-c2ccc(-c3ccccc3)s2)nc2c1ncn2C1OC(CO)C(O)C1O. The van der Waals surface area contributed by atoms with Gasteiger partial charge in [0.15, 0.2) is 23.5 Å². The van der Waals surface area contributed by atoms with E-state index in [0.29, 0.717) is 17.0 Å². The van der Waals surface area contributed by atoms with Crippen molar-refractivity contribution in [3.8, 4) is 21.1 Å². The van der Waals surface area contributed by atoms with Gasteiger partial charge in [-0.05, 0) is 17.7 Å².